The van der Waals surface area contributed by atoms with Gasteiger partial charge in [0.2, 0.25) is 5.89 Å². The van der Waals surface area contributed by atoms with E-state index in [0.29, 0.717) is 5.89 Å². The maximum absolute atomic E-state index is 5.85. The molecule has 1 aromatic carbocycles. The van der Waals surface area contributed by atoms with Gasteiger partial charge >= 0.3 is 0 Å². The maximum atomic E-state index is 5.85. The van der Waals surface area contributed by atoms with E-state index in [0.717, 1.165) is 35.1 Å². The maximum Gasteiger partial charge on any atom is 0.226 e. The quantitative estimate of drug-likeness (QED) is 0.617. The van der Waals surface area contributed by atoms with E-state index in [4.69, 9.17) is 4.42 Å². The van der Waals surface area contributed by atoms with E-state index in [1.807, 2.05) is 18.5 Å². The molecular formula is C17H19N3OS2. The van der Waals surface area contributed by atoms with Crippen molar-refractivity contribution < 1.29 is 4.42 Å². The van der Waals surface area contributed by atoms with Crippen LogP contribution in [0.25, 0.3) is 11.5 Å². The van der Waals surface area contributed by atoms with Crippen molar-refractivity contribution >= 4 is 23.1 Å². The first kappa shape index (κ1) is 16.2. The number of hydrogen-bond acceptors (Lipinski definition) is 6. The highest BCUT2D eigenvalue weighted by molar-refractivity contribution is 7.98. The molecule has 0 unspecified atom stereocenters. The monoisotopic (exact) mass is 345 g/mol. The second kappa shape index (κ2) is 7.29. The normalized spacial score (nSPS) is 11.3. The number of oxazole rings is 1. The molecule has 4 nitrogen and oxygen atoms in total. The summed E-state index contributed by atoms with van der Waals surface area (Å²) in [6, 6.07) is 8.29. The largest absolute Gasteiger partial charge is 0.441 e. The second-order valence-electron chi connectivity index (χ2n) is 5.35. The van der Waals surface area contributed by atoms with Crippen LogP contribution in [0.2, 0.25) is 0 Å². The van der Waals surface area contributed by atoms with Crippen molar-refractivity contribution in [1.29, 1.82) is 0 Å². The third kappa shape index (κ3) is 4.02. The third-order valence-electron chi connectivity index (χ3n) is 3.54. The van der Waals surface area contributed by atoms with Gasteiger partial charge in [0.05, 0.1) is 12.2 Å². The molecule has 0 aliphatic heterocycles. The standard InChI is InChI=1S/C17H19N3OS2/c1-12-15(10-20(2)11-16-18-8-9-23-16)19-17(21-12)13-4-6-14(22-3)7-5-13/h4-9H,10-11H2,1-3H3. The van der Waals surface area contributed by atoms with Crippen molar-refractivity contribution in [2.45, 2.75) is 24.9 Å². The summed E-state index contributed by atoms with van der Waals surface area (Å²) in [5, 5.41) is 3.11. The number of aryl methyl sites for hydroxylation is 1. The van der Waals surface area contributed by atoms with Crippen LogP contribution in [-0.4, -0.2) is 28.2 Å². The average Bonchev–Trinajstić information content (AvgIpc) is 3.18. The van der Waals surface area contributed by atoms with Gasteiger partial charge in [-0.3, -0.25) is 4.90 Å². The summed E-state index contributed by atoms with van der Waals surface area (Å²) in [4.78, 5) is 12.4. The first-order valence-electron chi connectivity index (χ1n) is 7.33. The molecule has 0 aliphatic rings. The fourth-order valence-electron chi connectivity index (χ4n) is 2.31. The predicted molar refractivity (Wildman–Crippen MR) is 95.7 cm³/mol. The lowest BCUT2D eigenvalue weighted by Gasteiger charge is -2.13. The van der Waals surface area contributed by atoms with Gasteiger partial charge in [0.25, 0.3) is 0 Å². The number of benzene rings is 1. The molecule has 0 spiro atoms. The SMILES string of the molecule is CSc1ccc(-c2nc(CN(C)Cc3nccs3)c(C)o2)cc1. The van der Waals surface area contributed by atoms with Crippen LogP contribution in [0, 0.1) is 6.92 Å². The average molecular weight is 345 g/mol. The van der Waals surface area contributed by atoms with Crippen molar-refractivity contribution in [3.63, 3.8) is 0 Å². The fraction of sp³-hybridized carbons (Fsp3) is 0.294. The Morgan fingerprint density at radius 2 is 2.00 bits per heavy atom. The minimum absolute atomic E-state index is 0.688. The molecule has 3 aromatic rings. The zero-order valence-electron chi connectivity index (χ0n) is 13.4. The lowest BCUT2D eigenvalue weighted by atomic mass is 10.2. The Morgan fingerprint density at radius 3 is 2.65 bits per heavy atom. The summed E-state index contributed by atoms with van der Waals surface area (Å²) in [5.74, 6) is 1.56. The van der Waals surface area contributed by atoms with E-state index in [-0.39, 0.29) is 0 Å². The van der Waals surface area contributed by atoms with Gasteiger partial charge in [-0.1, -0.05) is 0 Å². The summed E-state index contributed by atoms with van der Waals surface area (Å²) in [7, 11) is 2.07. The van der Waals surface area contributed by atoms with Gasteiger partial charge < -0.3 is 4.42 Å². The Kier molecular flexibility index (Phi) is 5.15. The first-order chi connectivity index (χ1) is 11.2. The van der Waals surface area contributed by atoms with Crippen molar-refractivity contribution in [2.75, 3.05) is 13.3 Å². The molecule has 0 saturated carbocycles. The highest BCUT2D eigenvalue weighted by atomic mass is 32.2. The van der Waals surface area contributed by atoms with Crippen LogP contribution in [0.3, 0.4) is 0 Å². The number of thioether (sulfide) groups is 1. The minimum atomic E-state index is 0.688. The van der Waals surface area contributed by atoms with Crippen molar-refractivity contribution in [3.05, 3.63) is 52.3 Å². The molecule has 0 fully saturated rings. The van der Waals surface area contributed by atoms with Gasteiger partial charge in [0.1, 0.15) is 10.8 Å². The smallest absolute Gasteiger partial charge is 0.226 e. The molecule has 0 N–H and O–H groups in total. The molecule has 0 atom stereocenters. The van der Waals surface area contributed by atoms with Crippen LogP contribution in [0.1, 0.15) is 16.5 Å². The number of thiazole rings is 1. The summed E-state index contributed by atoms with van der Waals surface area (Å²) in [6.45, 7) is 3.54. The third-order valence-corrected chi connectivity index (χ3v) is 5.05. The summed E-state index contributed by atoms with van der Waals surface area (Å²) in [5.41, 5.74) is 1.99. The lowest BCUT2D eigenvalue weighted by molar-refractivity contribution is 0.313. The second-order valence-corrected chi connectivity index (χ2v) is 7.21. The topological polar surface area (TPSA) is 42.2 Å². The van der Waals surface area contributed by atoms with E-state index in [1.54, 1.807) is 23.1 Å². The van der Waals surface area contributed by atoms with Gasteiger partial charge in [-0.15, -0.1) is 23.1 Å². The Bertz CT molecular complexity index is 751. The Balaban J connectivity index is 1.72. The molecule has 2 heterocycles. The zero-order valence-corrected chi connectivity index (χ0v) is 15.1. The van der Waals surface area contributed by atoms with Crippen LogP contribution in [0.5, 0.6) is 0 Å². The van der Waals surface area contributed by atoms with Crippen LogP contribution in [0.4, 0.5) is 0 Å². The fourth-order valence-corrected chi connectivity index (χ4v) is 3.41. The lowest BCUT2D eigenvalue weighted by Crippen LogP contribution is -2.17. The molecule has 0 amide bonds. The minimum Gasteiger partial charge on any atom is -0.441 e. The highest BCUT2D eigenvalue weighted by Gasteiger charge is 2.14. The number of hydrogen-bond donors (Lipinski definition) is 0. The van der Waals surface area contributed by atoms with E-state index in [2.05, 4.69) is 52.4 Å². The zero-order chi connectivity index (χ0) is 16.2. The van der Waals surface area contributed by atoms with Crippen LogP contribution in [-0.2, 0) is 13.1 Å². The molecule has 0 saturated heterocycles. The number of rotatable bonds is 6. The Morgan fingerprint density at radius 1 is 1.22 bits per heavy atom. The van der Waals surface area contributed by atoms with Gasteiger partial charge in [-0.05, 0) is 44.5 Å². The van der Waals surface area contributed by atoms with Crippen LogP contribution in [0.15, 0.2) is 45.2 Å². The number of nitrogens with zero attached hydrogens (tertiary/aromatic N) is 3. The predicted octanol–water partition coefficient (Wildman–Crippen LogP) is 4.46. The summed E-state index contributed by atoms with van der Waals surface area (Å²) >= 11 is 3.40. The van der Waals surface area contributed by atoms with Crippen molar-refractivity contribution in [3.8, 4) is 11.5 Å². The molecule has 3 rings (SSSR count). The van der Waals surface area contributed by atoms with E-state index in [1.165, 1.54) is 4.90 Å². The molecule has 2 aromatic heterocycles. The van der Waals surface area contributed by atoms with E-state index < -0.39 is 0 Å². The first-order valence-corrected chi connectivity index (χ1v) is 9.44. The summed E-state index contributed by atoms with van der Waals surface area (Å²) in [6.07, 6.45) is 3.91. The summed E-state index contributed by atoms with van der Waals surface area (Å²) < 4.78 is 5.85. The van der Waals surface area contributed by atoms with Crippen LogP contribution >= 0.6 is 23.1 Å². The molecule has 23 heavy (non-hydrogen) atoms. The molecule has 0 radical (unpaired) electrons. The molecular weight excluding hydrogens is 326 g/mol. The van der Waals surface area contributed by atoms with Crippen molar-refractivity contribution in [1.82, 2.24) is 14.9 Å². The van der Waals surface area contributed by atoms with Gasteiger partial charge in [-0.25, -0.2) is 9.97 Å². The molecule has 120 valence electrons. The number of aromatic nitrogens is 2. The molecule has 6 heteroatoms. The van der Waals surface area contributed by atoms with Gasteiger partial charge in [-0.2, -0.15) is 0 Å². The molecule has 0 aliphatic carbocycles. The van der Waals surface area contributed by atoms with Crippen molar-refractivity contribution in [2.24, 2.45) is 0 Å². The van der Waals surface area contributed by atoms with Gasteiger partial charge in [0.15, 0.2) is 0 Å². The van der Waals surface area contributed by atoms with E-state index >= 15 is 0 Å². The highest BCUT2D eigenvalue weighted by Crippen LogP contribution is 2.25. The van der Waals surface area contributed by atoms with E-state index in [9.17, 15) is 0 Å². The Labute approximate surface area is 144 Å². The molecule has 0 bridgehead atoms. The Hall–Kier alpha value is -1.63. The van der Waals surface area contributed by atoms with Gasteiger partial charge in [0, 0.05) is 28.6 Å². The van der Waals surface area contributed by atoms with Crippen LogP contribution < -0.4 is 0 Å².